The Balaban J connectivity index is 1.22. The molecule has 0 unspecified atom stereocenters. The third kappa shape index (κ3) is 7.31. The standard InChI is InChI=1S/C26H31F3N4O4S/c27-26(28,29)23-16-19(4-11-24(23)33(35)36)30-18-2-7-21(8-3-18)37-17-25(34)32-13-1-12-31(14-15-32)20-5-9-22(38)10-6-20/h4-6,9-11,16,18,21,30,38H,1-3,7-8,12-15,17H2. The minimum Gasteiger partial charge on any atom is -0.382 e. The fourth-order valence-corrected chi connectivity index (χ4v) is 5.14. The first-order valence-electron chi connectivity index (χ1n) is 12.7. The molecule has 8 nitrogen and oxygen atoms in total. The molecule has 0 aromatic heterocycles. The van der Waals surface area contributed by atoms with Crippen molar-refractivity contribution in [3.05, 3.63) is 58.1 Å². The molecule has 0 bridgehead atoms. The molecule has 1 aliphatic carbocycles. The summed E-state index contributed by atoms with van der Waals surface area (Å²) in [5, 5.41) is 14.0. The van der Waals surface area contributed by atoms with Crippen LogP contribution in [0.5, 0.6) is 0 Å². The van der Waals surface area contributed by atoms with Crippen molar-refractivity contribution >= 4 is 35.6 Å². The third-order valence-electron chi connectivity index (χ3n) is 7.05. The summed E-state index contributed by atoms with van der Waals surface area (Å²) in [6.07, 6.45) is -1.41. The van der Waals surface area contributed by atoms with Crippen LogP contribution < -0.4 is 10.2 Å². The van der Waals surface area contributed by atoms with Gasteiger partial charge in [-0.15, -0.1) is 12.6 Å². The predicted molar refractivity (Wildman–Crippen MR) is 141 cm³/mol. The molecule has 38 heavy (non-hydrogen) atoms. The zero-order chi connectivity index (χ0) is 27.3. The Hall–Kier alpha value is -2.99. The Morgan fingerprint density at radius 2 is 1.76 bits per heavy atom. The number of alkyl halides is 3. The number of thiol groups is 1. The number of ether oxygens (including phenoxy) is 1. The SMILES string of the molecule is O=C(COC1CCC(Nc2ccc([N+](=O)[O-])c(C(F)(F)F)c2)CC1)N1CCCN(c2ccc(S)cc2)CC1. The second kappa shape index (κ2) is 12.2. The van der Waals surface area contributed by atoms with Crippen LogP contribution in [0.15, 0.2) is 47.4 Å². The first-order valence-corrected chi connectivity index (χ1v) is 13.1. The average molecular weight is 553 g/mol. The number of carbonyl (C=O) groups is 1. The van der Waals surface area contributed by atoms with Crippen LogP contribution in [0.3, 0.4) is 0 Å². The van der Waals surface area contributed by atoms with Gasteiger partial charge in [0.2, 0.25) is 5.91 Å². The number of carbonyl (C=O) groups excluding carboxylic acids is 1. The Morgan fingerprint density at radius 3 is 2.42 bits per heavy atom. The number of rotatable bonds is 7. The summed E-state index contributed by atoms with van der Waals surface area (Å²) in [5.41, 5.74) is -0.925. The van der Waals surface area contributed by atoms with E-state index in [1.165, 1.54) is 6.07 Å². The van der Waals surface area contributed by atoms with Gasteiger partial charge in [0, 0.05) is 54.6 Å². The van der Waals surface area contributed by atoms with Crippen LogP contribution in [0, 0.1) is 10.1 Å². The van der Waals surface area contributed by atoms with E-state index >= 15 is 0 Å². The van der Waals surface area contributed by atoms with Crippen molar-refractivity contribution in [2.75, 3.05) is 43.0 Å². The molecule has 1 saturated carbocycles. The van der Waals surface area contributed by atoms with E-state index in [0.29, 0.717) is 38.8 Å². The molecule has 2 fully saturated rings. The highest BCUT2D eigenvalue weighted by molar-refractivity contribution is 7.80. The van der Waals surface area contributed by atoms with E-state index in [9.17, 15) is 28.1 Å². The molecule has 4 rings (SSSR count). The molecule has 0 radical (unpaired) electrons. The van der Waals surface area contributed by atoms with Crippen molar-refractivity contribution in [1.82, 2.24) is 4.90 Å². The molecule has 0 spiro atoms. The van der Waals surface area contributed by atoms with Crippen LogP contribution >= 0.6 is 12.6 Å². The van der Waals surface area contributed by atoms with Gasteiger partial charge in [0.1, 0.15) is 12.2 Å². The monoisotopic (exact) mass is 552 g/mol. The molecule has 2 aromatic carbocycles. The third-order valence-corrected chi connectivity index (χ3v) is 7.35. The van der Waals surface area contributed by atoms with Crippen molar-refractivity contribution in [2.45, 2.75) is 55.3 Å². The predicted octanol–water partition coefficient (Wildman–Crippen LogP) is 5.38. The number of hydrogen-bond donors (Lipinski definition) is 2. The largest absolute Gasteiger partial charge is 0.423 e. The topological polar surface area (TPSA) is 87.9 Å². The van der Waals surface area contributed by atoms with Crippen molar-refractivity contribution in [3.8, 4) is 0 Å². The van der Waals surface area contributed by atoms with Crippen LogP contribution in [-0.4, -0.2) is 60.7 Å². The lowest BCUT2D eigenvalue weighted by atomic mass is 9.92. The zero-order valence-corrected chi connectivity index (χ0v) is 21.7. The Labute approximate surface area is 224 Å². The number of anilines is 2. The van der Waals surface area contributed by atoms with E-state index in [4.69, 9.17) is 4.74 Å². The molecular weight excluding hydrogens is 521 g/mol. The molecule has 2 aromatic rings. The van der Waals surface area contributed by atoms with Crippen LogP contribution in [-0.2, 0) is 15.7 Å². The van der Waals surface area contributed by atoms with Crippen molar-refractivity contribution in [2.24, 2.45) is 0 Å². The molecule has 1 N–H and O–H groups in total. The fraction of sp³-hybridized carbons (Fsp3) is 0.500. The van der Waals surface area contributed by atoms with Crippen LogP contribution in [0.25, 0.3) is 0 Å². The van der Waals surface area contributed by atoms with E-state index in [1.807, 2.05) is 29.2 Å². The number of benzene rings is 2. The van der Waals surface area contributed by atoms with Gasteiger partial charge in [-0.25, -0.2) is 0 Å². The second-order valence-electron chi connectivity index (χ2n) is 9.65. The van der Waals surface area contributed by atoms with Crippen LogP contribution in [0.1, 0.15) is 37.7 Å². The van der Waals surface area contributed by atoms with Gasteiger partial charge in [0.25, 0.3) is 5.69 Å². The summed E-state index contributed by atoms with van der Waals surface area (Å²) in [5.74, 6) is -0.0386. The second-order valence-corrected chi connectivity index (χ2v) is 10.2. The van der Waals surface area contributed by atoms with Gasteiger partial charge >= 0.3 is 6.18 Å². The summed E-state index contributed by atoms with van der Waals surface area (Å²) in [4.78, 5) is 27.7. The summed E-state index contributed by atoms with van der Waals surface area (Å²) in [7, 11) is 0. The number of halogens is 3. The first-order chi connectivity index (χ1) is 18.1. The van der Waals surface area contributed by atoms with Gasteiger partial charge in [0.05, 0.1) is 11.0 Å². The number of amides is 1. The average Bonchev–Trinajstić information content (AvgIpc) is 3.14. The Morgan fingerprint density at radius 1 is 1.05 bits per heavy atom. The van der Waals surface area contributed by atoms with Gasteiger partial charge < -0.3 is 19.9 Å². The van der Waals surface area contributed by atoms with Crippen LogP contribution in [0.2, 0.25) is 0 Å². The van der Waals surface area contributed by atoms with E-state index in [-0.39, 0.29) is 30.3 Å². The Kier molecular flexibility index (Phi) is 9.03. The van der Waals surface area contributed by atoms with Gasteiger partial charge in [-0.3, -0.25) is 14.9 Å². The quantitative estimate of drug-likeness (QED) is 0.273. The van der Waals surface area contributed by atoms with E-state index in [0.717, 1.165) is 42.2 Å². The smallest absolute Gasteiger partial charge is 0.382 e. The van der Waals surface area contributed by atoms with Gasteiger partial charge in [-0.05, 0) is 68.5 Å². The summed E-state index contributed by atoms with van der Waals surface area (Å²) >= 11 is 4.33. The highest BCUT2D eigenvalue weighted by Crippen LogP contribution is 2.38. The Bertz CT molecular complexity index is 1120. The number of hydrogen-bond acceptors (Lipinski definition) is 7. The summed E-state index contributed by atoms with van der Waals surface area (Å²) in [6, 6.07) is 10.9. The zero-order valence-electron chi connectivity index (χ0n) is 20.8. The van der Waals surface area contributed by atoms with Crippen molar-refractivity contribution < 1.29 is 27.6 Å². The normalized spacial score (nSPS) is 20.6. The highest BCUT2D eigenvalue weighted by atomic mass is 32.1. The maximum atomic E-state index is 13.3. The lowest BCUT2D eigenvalue weighted by Crippen LogP contribution is -2.39. The minimum atomic E-state index is -4.82. The fourth-order valence-electron chi connectivity index (χ4n) is 4.99. The number of nitro benzene ring substituents is 1. The summed E-state index contributed by atoms with van der Waals surface area (Å²) < 4.78 is 45.7. The molecule has 12 heteroatoms. The number of nitrogens with zero attached hydrogens (tertiary/aromatic N) is 3. The molecule has 0 atom stereocenters. The van der Waals surface area contributed by atoms with E-state index in [2.05, 4.69) is 22.8 Å². The van der Waals surface area contributed by atoms with Gasteiger partial charge in [-0.2, -0.15) is 13.2 Å². The molecule has 1 heterocycles. The molecular formula is C26H31F3N4O4S. The molecule has 2 aliphatic rings. The molecule has 1 saturated heterocycles. The lowest BCUT2D eigenvalue weighted by Gasteiger charge is -2.30. The molecule has 1 amide bonds. The number of nitro groups is 1. The molecule has 1 aliphatic heterocycles. The molecule has 206 valence electrons. The minimum absolute atomic E-state index is 0.00834. The maximum absolute atomic E-state index is 13.3. The lowest BCUT2D eigenvalue weighted by molar-refractivity contribution is -0.388. The van der Waals surface area contributed by atoms with Crippen LogP contribution in [0.4, 0.5) is 30.2 Å². The maximum Gasteiger partial charge on any atom is 0.423 e. The van der Waals surface area contributed by atoms with Crippen molar-refractivity contribution in [3.63, 3.8) is 0 Å². The van der Waals surface area contributed by atoms with E-state index in [1.54, 1.807) is 0 Å². The first kappa shape index (κ1) is 28.0. The summed E-state index contributed by atoms with van der Waals surface area (Å²) in [6.45, 7) is 2.92. The van der Waals surface area contributed by atoms with Crippen molar-refractivity contribution in [1.29, 1.82) is 0 Å². The van der Waals surface area contributed by atoms with Gasteiger partial charge in [0.15, 0.2) is 0 Å². The number of nitrogens with one attached hydrogen (secondary N) is 1. The highest BCUT2D eigenvalue weighted by Gasteiger charge is 2.38. The van der Waals surface area contributed by atoms with Gasteiger partial charge in [-0.1, -0.05) is 0 Å². The van der Waals surface area contributed by atoms with E-state index < -0.39 is 22.4 Å².